The average molecular weight is 392 g/mol. The maximum Gasteiger partial charge on any atom is 0.261 e. The van der Waals surface area contributed by atoms with E-state index in [0.29, 0.717) is 27.8 Å². The summed E-state index contributed by atoms with van der Waals surface area (Å²) in [6.45, 7) is 1.50. The Kier molecular flexibility index (Phi) is 4.40. The second-order valence-electron chi connectivity index (χ2n) is 6.26. The van der Waals surface area contributed by atoms with E-state index in [1.54, 1.807) is 42.9 Å². The van der Waals surface area contributed by atoms with Crippen LogP contribution in [0, 0.1) is 0 Å². The zero-order valence-corrected chi connectivity index (χ0v) is 15.7. The molecular weight excluding hydrogens is 376 g/mol. The summed E-state index contributed by atoms with van der Waals surface area (Å²) >= 11 is 0. The van der Waals surface area contributed by atoms with Crippen LogP contribution in [0.2, 0.25) is 0 Å². The normalized spacial score (nSPS) is 11.5. The van der Waals surface area contributed by atoms with E-state index in [4.69, 9.17) is 0 Å². The van der Waals surface area contributed by atoms with Crippen LogP contribution in [0.1, 0.15) is 17.3 Å². The molecule has 4 rings (SSSR count). The molecule has 0 aliphatic carbocycles. The smallest absolute Gasteiger partial charge is 0.261 e. The first-order valence-corrected chi connectivity index (χ1v) is 9.94. The van der Waals surface area contributed by atoms with Gasteiger partial charge in [-0.05, 0) is 31.2 Å². The molecular formula is C20H16N4O3S. The fourth-order valence-electron chi connectivity index (χ4n) is 2.92. The standard InChI is InChI=1S/C20H16N4O3S/c1-13(25)19-12-23-20-18(19)8-15(10-22-20)14-7-16(11-21-9-14)24-28(26,27)17-5-3-2-4-6-17/h2-12,24H,1H3,(H,22,23). The summed E-state index contributed by atoms with van der Waals surface area (Å²) in [4.78, 5) is 23.4. The van der Waals surface area contributed by atoms with Crippen LogP contribution >= 0.6 is 0 Å². The molecule has 3 heterocycles. The van der Waals surface area contributed by atoms with E-state index in [1.807, 2.05) is 6.07 Å². The van der Waals surface area contributed by atoms with Crippen molar-refractivity contribution in [2.24, 2.45) is 0 Å². The van der Waals surface area contributed by atoms with E-state index in [2.05, 4.69) is 19.7 Å². The summed E-state index contributed by atoms with van der Waals surface area (Å²) < 4.78 is 27.6. The summed E-state index contributed by atoms with van der Waals surface area (Å²) in [5.41, 5.74) is 2.91. The number of hydrogen-bond donors (Lipinski definition) is 2. The monoisotopic (exact) mass is 392 g/mol. The second kappa shape index (κ2) is 6.90. The fourth-order valence-corrected chi connectivity index (χ4v) is 3.98. The van der Waals surface area contributed by atoms with Crippen LogP contribution in [-0.4, -0.2) is 29.2 Å². The summed E-state index contributed by atoms with van der Waals surface area (Å²) in [6, 6.07) is 11.6. The van der Waals surface area contributed by atoms with Crippen molar-refractivity contribution in [2.45, 2.75) is 11.8 Å². The lowest BCUT2D eigenvalue weighted by molar-refractivity contribution is 0.101. The first-order chi connectivity index (χ1) is 13.4. The van der Waals surface area contributed by atoms with Crippen molar-refractivity contribution in [3.05, 3.63) is 72.8 Å². The molecule has 0 bridgehead atoms. The number of benzene rings is 1. The molecule has 3 aromatic heterocycles. The Hall–Kier alpha value is -3.52. The number of nitrogens with zero attached hydrogens (tertiary/aromatic N) is 2. The number of aromatic nitrogens is 3. The molecule has 0 radical (unpaired) electrons. The lowest BCUT2D eigenvalue weighted by atomic mass is 10.1. The molecule has 28 heavy (non-hydrogen) atoms. The first-order valence-electron chi connectivity index (χ1n) is 8.45. The number of pyridine rings is 2. The zero-order valence-electron chi connectivity index (χ0n) is 14.9. The van der Waals surface area contributed by atoms with Crippen LogP contribution < -0.4 is 4.72 Å². The van der Waals surface area contributed by atoms with E-state index < -0.39 is 10.0 Å². The Bertz CT molecular complexity index is 1280. The third-order valence-electron chi connectivity index (χ3n) is 4.29. The first kappa shape index (κ1) is 17.9. The molecule has 0 unspecified atom stereocenters. The number of ketones is 1. The van der Waals surface area contributed by atoms with Crippen LogP contribution in [0.25, 0.3) is 22.2 Å². The highest BCUT2D eigenvalue weighted by atomic mass is 32.2. The van der Waals surface area contributed by atoms with Gasteiger partial charge in [0, 0.05) is 40.7 Å². The van der Waals surface area contributed by atoms with Crippen LogP contribution in [0.15, 0.2) is 72.1 Å². The van der Waals surface area contributed by atoms with Gasteiger partial charge in [-0.1, -0.05) is 18.2 Å². The third kappa shape index (κ3) is 3.37. The van der Waals surface area contributed by atoms with Gasteiger partial charge in [0.05, 0.1) is 16.8 Å². The number of nitrogens with one attached hydrogen (secondary N) is 2. The van der Waals surface area contributed by atoms with Crippen LogP contribution in [-0.2, 0) is 10.0 Å². The van der Waals surface area contributed by atoms with Crippen molar-refractivity contribution >= 4 is 32.5 Å². The summed E-state index contributed by atoms with van der Waals surface area (Å²) in [6.07, 6.45) is 6.33. The molecule has 0 spiro atoms. The minimum Gasteiger partial charge on any atom is -0.345 e. The Morgan fingerprint density at radius 1 is 1.04 bits per heavy atom. The lowest BCUT2D eigenvalue weighted by Crippen LogP contribution is -2.12. The number of aromatic amines is 1. The predicted molar refractivity (Wildman–Crippen MR) is 107 cm³/mol. The molecule has 4 aromatic rings. The largest absolute Gasteiger partial charge is 0.345 e. The maximum absolute atomic E-state index is 12.5. The predicted octanol–water partition coefficient (Wildman–Crippen LogP) is 3.63. The van der Waals surface area contributed by atoms with E-state index in [-0.39, 0.29) is 10.7 Å². The third-order valence-corrected chi connectivity index (χ3v) is 5.68. The minimum atomic E-state index is -3.71. The average Bonchev–Trinajstić information content (AvgIpc) is 3.12. The van der Waals surface area contributed by atoms with Gasteiger partial charge in [-0.3, -0.25) is 14.5 Å². The van der Waals surface area contributed by atoms with Crippen LogP contribution in [0.5, 0.6) is 0 Å². The van der Waals surface area contributed by atoms with E-state index in [0.717, 1.165) is 5.56 Å². The second-order valence-corrected chi connectivity index (χ2v) is 7.94. The Labute approximate surface area is 161 Å². The Morgan fingerprint density at radius 3 is 2.54 bits per heavy atom. The summed E-state index contributed by atoms with van der Waals surface area (Å²) in [5.74, 6) is -0.0623. The zero-order chi connectivity index (χ0) is 19.7. The van der Waals surface area contributed by atoms with Crippen molar-refractivity contribution in [2.75, 3.05) is 4.72 Å². The number of rotatable bonds is 5. The van der Waals surface area contributed by atoms with Gasteiger partial charge in [0.25, 0.3) is 10.0 Å². The quantitative estimate of drug-likeness (QED) is 0.505. The highest BCUT2D eigenvalue weighted by molar-refractivity contribution is 7.92. The number of Topliss-reactive ketones (excluding diaryl/α,β-unsaturated/α-hetero) is 1. The molecule has 0 fully saturated rings. The molecule has 140 valence electrons. The van der Waals surface area contributed by atoms with Crippen molar-refractivity contribution in [1.29, 1.82) is 0 Å². The number of anilines is 1. The highest BCUT2D eigenvalue weighted by Crippen LogP contribution is 2.27. The topological polar surface area (TPSA) is 105 Å². The van der Waals surface area contributed by atoms with Gasteiger partial charge in [0.2, 0.25) is 0 Å². The molecule has 0 saturated carbocycles. The van der Waals surface area contributed by atoms with Gasteiger partial charge >= 0.3 is 0 Å². The van der Waals surface area contributed by atoms with E-state index >= 15 is 0 Å². The molecule has 8 heteroatoms. The summed E-state index contributed by atoms with van der Waals surface area (Å²) in [7, 11) is -3.71. The maximum atomic E-state index is 12.5. The van der Waals surface area contributed by atoms with Crippen molar-refractivity contribution in [3.63, 3.8) is 0 Å². The molecule has 0 amide bonds. The molecule has 7 nitrogen and oxygen atoms in total. The minimum absolute atomic E-state index is 0.0623. The SMILES string of the molecule is CC(=O)c1c[nH]c2ncc(-c3cncc(NS(=O)(=O)c4ccccc4)c3)cc12. The molecule has 0 atom stereocenters. The van der Waals surface area contributed by atoms with Gasteiger partial charge in [-0.25, -0.2) is 13.4 Å². The van der Waals surface area contributed by atoms with Crippen molar-refractivity contribution in [1.82, 2.24) is 15.0 Å². The van der Waals surface area contributed by atoms with Crippen molar-refractivity contribution < 1.29 is 13.2 Å². The van der Waals surface area contributed by atoms with Gasteiger partial charge < -0.3 is 4.98 Å². The number of H-pyrrole nitrogens is 1. The van der Waals surface area contributed by atoms with E-state index in [9.17, 15) is 13.2 Å². The number of carbonyl (C=O) groups is 1. The van der Waals surface area contributed by atoms with Gasteiger partial charge in [-0.15, -0.1) is 0 Å². The molecule has 1 aromatic carbocycles. The highest BCUT2D eigenvalue weighted by Gasteiger charge is 2.15. The Balaban J connectivity index is 1.70. The van der Waals surface area contributed by atoms with E-state index in [1.165, 1.54) is 25.3 Å². The van der Waals surface area contributed by atoms with Crippen LogP contribution in [0.4, 0.5) is 5.69 Å². The molecule has 0 aliphatic rings. The molecule has 0 saturated heterocycles. The van der Waals surface area contributed by atoms with Gasteiger partial charge in [-0.2, -0.15) is 0 Å². The molecule has 2 N–H and O–H groups in total. The van der Waals surface area contributed by atoms with Crippen LogP contribution in [0.3, 0.4) is 0 Å². The molecule has 0 aliphatic heterocycles. The number of sulfonamides is 1. The lowest BCUT2D eigenvalue weighted by Gasteiger charge is -2.09. The fraction of sp³-hybridized carbons (Fsp3) is 0.0500. The number of carbonyl (C=O) groups excluding carboxylic acids is 1. The number of hydrogen-bond acceptors (Lipinski definition) is 5. The van der Waals surface area contributed by atoms with Gasteiger partial charge in [0.15, 0.2) is 5.78 Å². The summed E-state index contributed by atoms with van der Waals surface area (Å²) in [5, 5.41) is 0.709. The Morgan fingerprint density at radius 2 is 1.79 bits per heavy atom. The van der Waals surface area contributed by atoms with Gasteiger partial charge in [0.1, 0.15) is 5.65 Å². The number of fused-ring (bicyclic) bond motifs is 1. The van der Waals surface area contributed by atoms with Crippen molar-refractivity contribution in [3.8, 4) is 11.1 Å².